The van der Waals surface area contributed by atoms with Crippen molar-refractivity contribution in [2.45, 2.75) is 26.2 Å². The molecule has 1 aromatic rings. The highest BCUT2D eigenvalue weighted by atomic mass is 16.5. The number of nitrogens with one attached hydrogen (secondary N) is 1. The van der Waals surface area contributed by atoms with E-state index in [4.69, 9.17) is 4.74 Å². The first kappa shape index (κ1) is 15.5. The van der Waals surface area contributed by atoms with Crippen LogP contribution in [0.3, 0.4) is 0 Å². The number of anilines is 1. The molecule has 106 valence electrons. The number of methoxy groups -OCH3 is 1. The molecule has 2 amide bonds. The van der Waals surface area contributed by atoms with Crippen LogP contribution in [0.15, 0.2) is 24.3 Å². The maximum absolute atomic E-state index is 11.9. The molecule has 0 aliphatic heterocycles. The summed E-state index contributed by atoms with van der Waals surface area (Å²) in [5.41, 5.74) is 2.18. The van der Waals surface area contributed by atoms with Gasteiger partial charge in [-0.15, -0.1) is 0 Å². The van der Waals surface area contributed by atoms with E-state index in [0.29, 0.717) is 13.2 Å². The van der Waals surface area contributed by atoms with Crippen molar-refractivity contribution in [1.82, 2.24) is 4.90 Å². The Morgan fingerprint density at radius 3 is 2.32 bits per heavy atom. The maximum atomic E-state index is 11.9. The number of urea groups is 1. The second kappa shape index (κ2) is 6.57. The third-order valence-corrected chi connectivity index (χ3v) is 2.98. The van der Waals surface area contributed by atoms with Gasteiger partial charge in [0.1, 0.15) is 0 Å². The van der Waals surface area contributed by atoms with Crippen molar-refractivity contribution in [3.8, 4) is 0 Å². The van der Waals surface area contributed by atoms with Gasteiger partial charge in [0.05, 0.1) is 6.61 Å². The summed E-state index contributed by atoms with van der Waals surface area (Å²) in [7, 11) is 3.37. The Bertz CT molecular complexity index is 407. The lowest BCUT2D eigenvalue weighted by atomic mass is 9.87. The summed E-state index contributed by atoms with van der Waals surface area (Å²) in [4.78, 5) is 13.5. The van der Waals surface area contributed by atoms with Gasteiger partial charge in [-0.1, -0.05) is 32.9 Å². The number of hydrogen-bond acceptors (Lipinski definition) is 2. The molecule has 0 bridgehead atoms. The van der Waals surface area contributed by atoms with Crippen molar-refractivity contribution in [1.29, 1.82) is 0 Å². The van der Waals surface area contributed by atoms with Crippen LogP contribution in [0, 0.1) is 0 Å². The second-order valence-electron chi connectivity index (χ2n) is 5.67. The first-order valence-electron chi connectivity index (χ1n) is 6.46. The molecule has 1 aromatic carbocycles. The fraction of sp³-hybridized carbons (Fsp3) is 0.533. The summed E-state index contributed by atoms with van der Waals surface area (Å²) in [5.74, 6) is 0. The summed E-state index contributed by atoms with van der Waals surface area (Å²) in [6.07, 6.45) is 0. The van der Waals surface area contributed by atoms with Crippen LogP contribution in [0.4, 0.5) is 10.5 Å². The first-order valence-corrected chi connectivity index (χ1v) is 6.46. The number of nitrogens with zero attached hydrogens (tertiary/aromatic N) is 1. The van der Waals surface area contributed by atoms with Gasteiger partial charge in [-0.3, -0.25) is 0 Å². The average molecular weight is 264 g/mol. The number of amides is 2. The van der Waals surface area contributed by atoms with Crippen LogP contribution in [0.2, 0.25) is 0 Å². The van der Waals surface area contributed by atoms with Crippen molar-refractivity contribution in [3.05, 3.63) is 29.8 Å². The number of carbonyl (C=O) groups is 1. The maximum Gasteiger partial charge on any atom is 0.321 e. The van der Waals surface area contributed by atoms with E-state index in [2.05, 4.69) is 26.1 Å². The van der Waals surface area contributed by atoms with Crippen LogP contribution in [0.1, 0.15) is 26.3 Å². The average Bonchev–Trinajstić information content (AvgIpc) is 2.35. The molecule has 0 unspecified atom stereocenters. The summed E-state index contributed by atoms with van der Waals surface area (Å²) in [6.45, 7) is 7.60. The van der Waals surface area contributed by atoms with Gasteiger partial charge in [0.25, 0.3) is 0 Å². The lowest BCUT2D eigenvalue weighted by molar-refractivity contribution is 0.165. The molecule has 0 aliphatic rings. The van der Waals surface area contributed by atoms with Crippen LogP contribution in [-0.2, 0) is 10.2 Å². The fourth-order valence-corrected chi connectivity index (χ4v) is 1.60. The predicted molar refractivity (Wildman–Crippen MR) is 78.7 cm³/mol. The minimum absolute atomic E-state index is 0.123. The van der Waals surface area contributed by atoms with Gasteiger partial charge in [-0.2, -0.15) is 0 Å². The summed E-state index contributed by atoms with van der Waals surface area (Å²) in [5, 5.41) is 2.86. The molecular formula is C15H24N2O2. The van der Waals surface area contributed by atoms with Crippen LogP contribution in [-0.4, -0.2) is 38.2 Å². The normalized spacial score (nSPS) is 11.2. The Morgan fingerprint density at radius 1 is 1.26 bits per heavy atom. The van der Waals surface area contributed by atoms with Gasteiger partial charge in [0.15, 0.2) is 0 Å². The van der Waals surface area contributed by atoms with Crippen molar-refractivity contribution >= 4 is 11.7 Å². The van der Waals surface area contributed by atoms with Crippen molar-refractivity contribution in [2.24, 2.45) is 0 Å². The number of ether oxygens (including phenoxy) is 1. The Hall–Kier alpha value is -1.55. The van der Waals surface area contributed by atoms with Gasteiger partial charge < -0.3 is 15.0 Å². The van der Waals surface area contributed by atoms with Gasteiger partial charge in [-0.25, -0.2) is 4.79 Å². The molecule has 0 radical (unpaired) electrons. The molecule has 4 heteroatoms. The highest BCUT2D eigenvalue weighted by Gasteiger charge is 2.13. The lowest BCUT2D eigenvalue weighted by Crippen LogP contribution is -2.33. The van der Waals surface area contributed by atoms with Gasteiger partial charge in [0.2, 0.25) is 0 Å². The largest absolute Gasteiger partial charge is 0.383 e. The Balaban J connectivity index is 2.60. The molecular weight excluding hydrogens is 240 g/mol. The van der Waals surface area contributed by atoms with E-state index in [1.54, 1.807) is 19.1 Å². The van der Waals surface area contributed by atoms with Gasteiger partial charge in [-0.05, 0) is 23.1 Å². The first-order chi connectivity index (χ1) is 8.84. The lowest BCUT2D eigenvalue weighted by Gasteiger charge is -2.20. The number of rotatable bonds is 4. The minimum Gasteiger partial charge on any atom is -0.383 e. The Morgan fingerprint density at radius 2 is 1.84 bits per heavy atom. The zero-order valence-electron chi connectivity index (χ0n) is 12.5. The summed E-state index contributed by atoms with van der Waals surface area (Å²) in [6, 6.07) is 7.83. The van der Waals surface area contributed by atoms with E-state index in [1.165, 1.54) is 5.56 Å². The van der Waals surface area contributed by atoms with E-state index in [1.807, 2.05) is 24.3 Å². The van der Waals surface area contributed by atoms with Crippen molar-refractivity contribution in [2.75, 3.05) is 32.6 Å². The predicted octanol–water partition coefficient (Wildman–Crippen LogP) is 3.09. The molecule has 0 aliphatic carbocycles. The SMILES string of the molecule is COCCN(C)C(=O)Nc1ccc(C(C)(C)C)cc1. The molecule has 4 nitrogen and oxygen atoms in total. The molecule has 0 fully saturated rings. The van der Waals surface area contributed by atoms with Crippen LogP contribution in [0.25, 0.3) is 0 Å². The number of benzene rings is 1. The van der Waals surface area contributed by atoms with E-state index >= 15 is 0 Å². The molecule has 1 rings (SSSR count). The Labute approximate surface area is 115 Å². The highest BCUT2D eigenvalue weighted by Crippen LogP contribution is 2.23. The third-order valence-electron chi connectivity index (χ3n) is 2.98. The second-order valence-corrected chi connectivity index (χ2v) is 5.67. The van der Waals surface area contributed by atoms with E-state index in [0.717, 1.165) is 5.69 Å². The van der Waals surface area contributed by atoms with E-state index in [-0.39, 0.29) is 11.4 Å². The van der Waals surface area contributed by atoms with Crippen molar-refractivity contribution in [3.63, 3.8) is 0 Å². The van der Waals surface area contributed by atoms with Gasteiger partial charge in [0, 0.05) is 26.4 Å². The van der Waals surface area contributed by atoms with Gasteiger partial charge >= 0.3 is 6.03 Å². The minimum atomic E-state index is -0.124. The highest BCUT2D eigenvalue weighted by molar-refractivity contribution is 5.89. The molecule has 0 aromatic heterocycles. The van der Waals surface area contributed by atoms with Crippen LogP contribution >= 0.6 is 0 Å². The molecule has 1 N–H and O–H groups in total. The zero-order chi connectivity index (χ0) is 14.5. The van der Waals surface area contributed by atoms with Crippen molar-refractivity contribution < 1.29 is 9.53 Å². The molecule has 0 saturated heterocycles. The fourth-order valence-electron chi connectivity index (χ4n) is 1.60. The molecule has 0 atom stereocenters. The molecule has 19 heavy (non-hydrogen) atoms. The molecule has 0 saturated carbocycles. The zero-order valence-corrected chi connectivity index (χ0v) is 12.5. The quantitative estimate of drug-likeness (QED) is 0.908. The number of likely N-dealkylation sites (N-methyl/N-ethyl adjacent to an activating group) is 1. The standard InChI is InChI=1S/C15H24N2O2/c1-15(2,3)12-6-8-13(9-7-12)16-14(18)17(4)10-11-19-5/h6-9H,10-11H2,1-5H3,(H,16,18). The summed E-state index contributed by atoms with van der Waals surface area (Å²) >= 11 is 0. The van der Waals surface area contributed by atoms with E-state index in [9.17, 15) is 4.79 Å². The monoisotopic (exact) mass is 264 g/mol. The van der Waals surface area contributed by atoms with Crippen LogP contribution < -0.4 is 5.32 Å². The smallest absolute Gasteiger partial charge is 0.321 e. The summed E-state index contributed by atoms with van der Waals surface area (Å²) < 4.78 is 4.94. The van der Waals surface area contributed by atoms with Crippen LogP contribution in [0.5, 0.6) is 0 Å². The number of carbonyl (C=O) groups excluding carboxylic acids is 1. The third kappa shape index (κ3) is 4.91. The Kier molecular flexibility index (Phi) is 5.36. The molecule has 0 spiro atoms. The number of hydrogen-bond donors (Lipinski definition) is 1. The molecule has 0 heterocycles. The topological polar surface area (TPSA) is 41.6 Å². The van der Waals surface area contributed by atoms with E-state index < -0.39 is 0 Å².